The van der Waals surface area contributed by atoms with Crippen LogP contribution in [0, 0.1) is 0 Å². The molecular weight excluding hydrogens is 278 g/mol. The molecule has 7 heteroatoms. The third-order valence-corrected chi connectivity index (χ3v) is 1.92. The molecule has 0 atom stereocenters. The quantitative estimate of drug-likeness (QED) is 0.280. The molecule has 0 aliphatic rings. The van der Waals surface area contributed by atoms with E-state index in [4.69, 9.17) is 14.7 Å². The molecule has 0 bridgehead atoms. The average Bonchev–Trinajstić information content (AvgIpc) is 2.64. The Kier molecular flexibility index (Phi) is 4.63. The van der Waals surface area contributed by atoms with Gasteiger partial charge in [0.2, 0.25) is 0 Å². The normalized spacial score (nSPS) is 10.8. The SMILES string of the molecule is CCOC(=O)/C(=C\c1cc(Br)co1)N=[N+]=[N-]. The van der Waals surface area contributed by atoms with Crippen LogP contribution in [0.4, 0.5) is 0 Å². The summed E-state index contributed by atoms with van der Waals surface area (Å²) in [5.41, 5.74) is 8.16. The second-order valence-electron chi connectivity index (χ2n) is 2.61. The van der Waals surface area contributed by atoms with E-state index in [0.29, 0.717) is 5.76 Å². The van der Waals surface area contributed by atoms with Crippen LogP contribution in [-0.2, 0) is 9.53 Å². The van der Waals surface area contributed by atoms with Crippen LogP contribution in [-0.4, -0.2) is 12.6 Å². The van der Waals surface area contributed by atoms with Crippen molar-refractivity contribution >= 4 is 28.0 Å². The molecule has 1 rings (SSSR count). The Morgan fingerprint density at radius 1 is 1.81 bits per heavy atom. The van der Waals surface area contributed by atoms with Crippen LogP contribution in [0.25, 0.3) is 16.5 Å². The lowest BCUT2D eigenvalue weighted by atomic mass is 10.3. The van der Waals surface area contributed by atoms with Gasteiger partial charge in [-0.3, -0.25) is 0 Å². The zero-order chi connectivity index (χ0) is 12.0. The lowest BCUT2D eigenvalue weighted by Crippen LogP contribution is -2.05. The predicted molar refractivity (Wildman–Crippen MR) is 60.2 cm³/mol. The summed E-state index contributed by atoms with van der Waals surface area (Å²) in [5, 5.41) is 3.24. The van der Waals surface area contributed by atoms with Gasteiger partial charge in [0.25, 0.3) is 0 Å². The smallest absolute Gasteiger partial charge is 0.340 e. The summed E-state index contributed by atoms with van der Waals surface area (Å²) in [4.78, 5) is 13.9. The van der Waals surface area contributed by atoms with Gasteiger partial charge in [-0.05, 0) is 40.5 Å². The molecule has 0 aliphatic carbocycles. The first-order chi connectivity index (χ1) is 7.67. The van der Waals surface area contributed by atoms with Crippen LogP contribution < -0.4 is 0 Å². The Balaban J connectivity index is 2.97. The fourth-order valence-corrected chi connectivity index (χ4v) is 1.24. The minimum absolute atomic E-state index is 0.147. The average molecular weight is 286 g/mol. The first-order valence-corrected chi connectivity index (χ1v) is 5.14. The first kappa shape index (κ1) is 12.4. The largest absolute Gasteiger partial charge is 0.464 e. The minimum atomic E-state index is -0.687. The standard InChI is InChI=1S/C9H8BrN3O3/c1-2-15-9(14)8(12-13-11)4-7-3-6(10)5-16-7/h3-5H,2H2,1H3/b8-4+. The van der Waals surface area contributed by atoms with Gasteiger partial charge >= 0.3 is 5.97 Å². The lowest BCUT2D eigenvalue weighted by molar-refractivity contribution is -0.138. The fraction of sp³-hybridized carbons (Fsp3) is 0.222. The van der Waals surface area contributed by atoms with E-state index < -0.39 is 5.97 Å². The molecule has 0 saturated heterocycles. The van der Waals surface area contributed by atoms with Gasteiger partial charge in [0.1, 0.15) is 17.7 Å². The Hall–Kier alpha value is -1.72. The monoisotopic (exact) mass is 285 g/mol. The zero-order valence-electron chi connectivity index (χ0n) is 8.38. The number of rotatable bonds is 4. The van der Waals surface area contributed by atoms with E-state index in [-0.39, 0.29) is 12.3 Å². The van der Waals surface area contributed by atoms with Crippen LogP contribution in [0.3, 0.4) is 0 Å². The summed E-state index contributed by atoms with van der Waals surface area (Å²) in [6.45, 7) is 1.87. The number of nitrogens with zero attached hydrogens (tertiary/aromatic N) is 3. The third kappa shape index (κ3) is 3.45. The molecule has 1 aromatic rings. The molecule has 0 N–H and O–H groups in total. The summed E-state index contributed by atoms with van der Waals surface area (Å²) >= 11 is 3.19. The highest BCUT2D eigenvalue weighted by Crippen LogP contribution is 2.17. The molecule has 1 aromatic heterocycles. The number of hydrogen-bond donors (Lipinski definition) is 0. The summed E-state index contributed by atoms with van der Waals surface area (Å²) in [7, 11) is 0. The molecule has 0 amide bonds. The van der Waals surface area contributed by atoms with Crippen molar-refractivity contribution in [1.82, 2.24) is 0 Å². The molecular formula is C9H8BrN3O3. The third-order valence-electron chi connectivity index (χ3n) is 1.50. The molecule has 0 spiro atoms. The summed E-state index contributed by atoms with van der Waals surface area (Å²) in [6, 6.07) is 1.63. The second kappa shape index (κ2) is 5.99. The molecule has 0 aliphatic heterocycles. The number of esters is 1. The molecule has 1 heterocycles. The first-order valence-electron chi connectivity index (χ1n) is 4.35. The maximum Gasteiger partial charge on any atom is 0.340 e. The van der Waals surface area contributed by atoms with Crippen LogP contribution in [0.2, 0.25) is 0 Å². The topological polar surface area (TPSA) is 88.2 Å². The van der Waals surface area contributed by atoms with E-state index >= 15 is 0 Å². The number of hydrogen-bond acceptors (Lipinski definition) is 4. The van der Waals surface area contributed by atoms with Gasteiger partial charge in [-0.25, -0.2) is 4.79 Å². The van der Waals surface area contributed by atoms with E-state index in [0.717, 1.165) is 4.47 Å². The maximum absolute atomic E-state index is 11.3. The van der Waals surface area contributed by atoms with Gasteiger partial charge in [-0.1, -0.05) is 5.11 Å². The number of furan rings is 1. The Labute approximate surface area is 99.6 Å². The van der Waals surface area contributed by atoms with Crippen LogP contribution in [0.1, 0.15) is 12.7 Å². The molecule has 0 fully saturated rings. The number of carbonyl (C=O) groups excluding carboxylic acids is 1. The number of halogens is 1. The Morgan fingerprint density at radius 2 is 2.56 bits per heavy atom. The van der Waals surface area contributed by atoms with Crippen molar-refractivity contribution in [3.8, 4) is 0 Å². The second-order valence-corrected chi connectivity index (χ2v) is 3.52. The van der Waals surface area contributed by atoms with Gasteiger partial charge in [-0.2, -0.15) is 0 Å². The van der Waals surface area contributed by atoms with Crippen molar-refractivity contribution in [2.45, 2.75) is 6.92 Å². The van der Waals surface area contributed by atoms with Gasteiger partial charge in [0.05, 0.1) is 11.1 Å². The Bertz CT molecular complexity index is 460. The fourth-order valence-electron chi connectivity index (χ4n) is 0.921. The predicted octanol–water partition coefficient (Wildman–Crippen LogP) is 3.26. The number of azide groups is 1. The molecule has 0 saturated carbocycles. The van der Waals surface area contributed by atoms with Crippen LogP contribution in [0.5, 0.6) is 0 Å². The number of carbonyl (C=O) groups is 1. The van der Waals surface area contributed by atoms with Crippen molar-refractivity contribution in [3.05, 3.63) is 38.7 Å². The molecule has 0 unspecified atom stereocenters. The summed E-state index contributed by atoms with van der Waals surface area (Å²) in [5.74, 6) is -0.296. The minimum Gasteiger partial charge on any atom is -0.464 e. The summed E-state index contributed by atoms with van der Waals surface area (Å²) in [6.07, 6.45) is 2.76. The lowest BCUT2D eigenvalue weighted by Gasteiger charge is -1.99. The Morgan fingerprint density at radius 3 is 3.06 bits per heavy atom. The van der Waals surface area contributed by atoms with Crippen LogP contribution >= 0.6 is 15.9 Å². The van der Waals surface area contributed by atoms with E-state index in [1.54, 1.807) is 13.0 Å². The molecule has 6 nitrogen and oxygen atoms in total. The molecule has 0 radical (unpaired) electrons. The van der Waals surface area contributed by atoms with E-state index in [9.17, 15) is 4.79 Å². The van der Waals surface area contributed by atoms with Gasteiger partial charge in [0.15, 0.2) is 0 Å². The van der Waals surface area contributed by atoms with Crippen LogP contribution in [0.15, 0.2) is 32.0 Å². The van der Waals surface area contributed by atoms with Crippen molar-refractivity contribution in [2.75, 3.05) is 6.61 Å². The maximum atomic E-state index is 11.3. The summed E-state index contributed by atoms with van der Waals surface area (Å²) < 4.78 is 10.5. The van der Waals surface area contributed by atoms with E-state index in [1.807, 2.05) is 0 Å². The highest BCUT2D eigenvalue weighted by molar-refractivity contribution is 9.10. The van der Waals surface area contributed by atoms with Crippen molar-refractivity contribution < 1.29 is 13.9 Å². The van der Waals surface area contributed by atoms with Crippen molar-refractivity contribution in [1.29, 1.82) is 0 Å². The van der Waals surface area contributed by atoms with Gasteiger partial charge in [0, 0.05) is 4.91 Å². The highest BCUT2D eigenvalue weighted by Gasteiger charge is 2.09. The van der Waals surface area contributed by atoms with Crippen molar-refractivity contribution in [3.63, 3.8) is 0 Å². The highest BCUT2D eigenvalue weighted by atomic mass is 79.9. The number of ether oxygens (including phenoxy) is 1. The molecule has 84 valence electrons. The zero-order valence-corrected chi connectivity index (χ0v) is 9.97. The van der Waals surface area contributed by atoms with Gasteiger partial charge in [-0.15, -0.1) is 0 Å². The van der Waals surface area contributed by atoms with E-state index in [2.05, 4.69) is 26.0 Å². The van der Waals surface area contributed by atoms with Gasteiger partial charge < -0.3 is 9.15 Å². The van der Waals surface area contributed by atoms with Crippen molar-refractivity contribution in [2.24, 2.45) is 5.11 Å². The van der Waals surface area contributed by atoms with E-state index in [1.165, 1.54) is 12.3 Å². The molecule has 0 aromatic carbocycles. The molecule has 16 heavy (non-hydrogen) atoms.